The largest absolute Gasteiger partial charge is 0.449 e. The first-order chi connectivity index (χ1) is 13.7. The molecule has 1 N–H and O–H groups in total. The predicted octanol–water partition coefficient (Wildman–Crippen LogP) is 4.56. The first-order valence-electron chi connectivity index (χ1n) is 8.99. The Hall–Kier alpha value is -3.67. The zero-order valence-electron chi connectivity index (χ0n) is 15.2. The van der Waals surface area contributed by atoms with Gasteiger partial charge in [0.1, 0.15) is 5.52 Å². The Labute approximate surface area is 161 Å². The van der Waals surface area contributed by atoms with Crippen LogP contribution in [0.15, 0.2) is 71.5 Å². The quantitative estimate of drug-likeness (QED) is 0.518. The molecule has 0 saturated heterocycles. The Morgan fingerprint density at radius 2 is 1.86 bits per heavy atom. The highest BCUT2D eigenvalue weighted by molar-refractivity contribution is 6.06. The van der Waals surface area contributed by atoms with Gasteiger partial charge in [0.05, 0.1) is 5.56 Å². The minimum Gasteiger partial charge on any atom is -0.449 e. The maximum Gasteiger partial charge on any atom is 0.341 e. The Morgan fingerprint density at radius 3 is 2.71 bits per heavy atom. The van der Waals surface area contributed by atoms with E-state index in [4.69, 9.17) is 9.15 Å². The van der Waals surface area contributed by atoms with Gasteiger partial charge in [-0.05, 0) is 30.0 Å². The molecule has 6 heteroatoms. The van der Waals surface area contributed by atoms with Crippen LogP contribution in [0.2, 0.25) is 0 Å². The van der Waals surface area contributed by atoms with E-state index >= 15 is 0 Å². The van der Waals surface area contributed by atoms with Crippen molar-refractivity contribution in [3.8, 4) is 0 Å². The molecule has 1 heterocycles. The van der Waals surface area contributed by atoms with Crippen LogP contribution in [0.4, 0.5) is 5.69 Å². The number of fused-ring (bicyclic) bond motifs is 2. The van der Waals surface area contributed by atoms with Crippen molar-refractivity contribution >= 4 is 39.4 Å². The number of aromatic nitrogens is 1. The number of benzene rings is 3. The second-order valence-corrected chi connectivity index (χ2v) is 6.32. The fourth-order valence-corrected chi connectivity index (χ4v) is 3.11. The predicted molar refractivity (Wildman–Crippen MR) is 106 cm³/mol. The average molecular weight is 374 g/mol. The fraction of sp³-hybridized carbons (Fsp3) is 0.136. The third kappa shape index (κ3) is 3.32. The number of oxazole rings is 1. The summed E-state index contributed by atoms with van der Waals surface area (Å²) in [5.74, 6) is -0.987. The van der Waals surface area contributed by atoms with Crippen LogP contribution >= 0.6 is 0 Å². The van der Waals surface area contributed by atoms with Gasteiger partial charge in [0, 0.05) is 11.1 Å². The molecule has 28 heavy (non-hydrogen) atoms. The summed E-state index contributed by atoms with van der Waals surface area (Å²) in [5, 5.41) is 4.81. The molecule has 140 valence electrons. The van der Waals surface area contributed by atoms with Gasteiger partial charge in [-0.2, -0.15) is 0 Å². The van der Waals surface area contributed by atoms with Gasteiger partial charge in [0.15, 0.2) is 18.1 Å². The number of para-hydroxylation sites is 1. The van der Waals surface area contributed by atoms with Crippen molar-refractivity contribution in [3.05, 3.63) is 72.6 Å². The number of hydrogen-bond acceptors (Lipinski definition) is 5. The van der Waals surface area contributed by atoms with E-state index in [0.29, 0.717) is 23.2 Å². The number of hydrogen-bond donors (Lipinski definition) is 1. The number of esters is 1. The maximum atomic E-state index is 12.7. The van der Waals surface area contributed by atoms with Crippen LogP contribution < -0.4 is 5.32 Å². The van der Waals surface area contributed by atoms with E-state index in [1.165, 1.54) is 6.39 Å². The first-order valence-corrected chi connectivity index (χ1v) is 8.99. The van der Waals surface area contributed by atoms with Gasteiger partial charge in [-0.1, -0.05) is 49.4 Å². The third-order valence-corrected chi connectivity index (χ3v) is 4.54. The summed E-state index contributed by atoms with van der Waals surface area (Å²) < 4.78 is 10.7. The van der Waals surface area contributed by atoms with Gasteiger partial charge in [-0.25, -0.2) is 9.78 Å². The molecule has 0 fully saturated rings. The van der Waals surface area contributed by atoms with E-state index in [9.17, 15) is 9.59 Å². The lowest BCUT2D eigenvalue weighted by Crippen LogP contribution is -2.32. The summed E-state index contributed by atoms with van der Waals surface area (Å²) in [6.07, 6.45) is 0.692. The van der Waals surface area contributed by atoms with Crippen molar-refractivity contribution in [2.75, 3.05) is 5.32 Å². The highest BCUT2D eigenvalue weighted by Gasteiger charge is 2.24. The van der Waals surface area contributed by atoms with Crippen molar-refractivity contribution in [1.29, 1.82) is 0 Å². The van der Waals surface area contributed by atoms with Gasteiger partial charge >= 0.3 is 5.97 Å². The second-order valence-electron chi connectivity index (χ2n) is 6.32. The topological polar surface area (TPSA) is 81.4 Å². The lowest BCUT2D eigenvalue weighted by Gasteiger charge is -2.17. The summed E-state index contributed by atoms with van der Waals surface area (Å²) in [4.78, 5) is 29.4. The van der Waals surface area contributed by atoms with Gasteiger partial charge in [-0.3, -0.25) is 4.79 Å². The number of carbonyl (C=O) groups excluding carboxylic acids is 2. The average Bonchev–Trinajstić information content (AvgIpc) is 3.21. The zero-order valence-corrected chi connectivity index (χ0v) is 15.2. The zero-order chi connectivity index (χ0) is 19.5. The van der Waals surface area contributed by atoms with Crippen molar-refractivity contribution in [2.45, 2.75) is 19.4 Å². The van der Waals surface area contributed by atoms with Gasteiger partial charge in [0.2, 0.25) is 0 Å². The molecule has 3 aromatic carbocycles. The minimum absolute atomic E-state index is 0.266. The molecular formula is C22H18N2O4. The van der Waals surface area contributed by atoms with Crippen molar-refractivity contribution in [3.63, 3.8) is 0 Å². The summed E-state index contributed by atoms with van der Waals surface area (Å²) in [7, 11) is 0. The lowest BCUT2D eigenvalue weighted by molar-refractivity contribution is -0.124. The number of rotatable bonds is 5. The summed E-state index contributed by atoms with van der Waals surface area (Å²) in [6.45, 7) is 1.79. The molecule has 6 nitrogen and oxygen atoms in total. The van der Waals surface area contributed by atoms with Crippen LogP contribution in [0.3, 0.4) is 0 Å². The second kappa shape index (κ2) is 7.52. The molecule has 0 aliphatic carbocycles. The lowest BCUT2D eigenvalue weighted by atomic mass is 10.1. The van der Waals surface area contributed by atoms with E-state index in [-0.39, 0.29) is 11.5 Å². The smallest absolute Gasteiger partial charge is 0.341 e. The molecule has 1 atom stereocenters. The molecule has 1 aromatic heterocycles. The molecule has 0 radical (unpaired) electrons. The fourth-order valence-electron chi connectivity index (χ4n) is 3.11. The number of ether oxygens (including phenoxy) is 1. The Morgan fingerprint density at radius 1 is 1.07 bits per heavy atom. The van der Waals surface area contributed by atoms with E-state index in [0.717, 1.165) is 10.8 Å². The van der Waals surface area contributed by atoms with E-state index in [1.54, 1.807) is 25.1 Å². The number of amides is 1. The minimum atomic E-state index is -0.923. The van der Waals surface area contributed by atoms with Crippen LogP contribution in [0.1, 0.15) is 23.7 Å². The molecule has 0 aliphatic heterocycles. The number of nitrogens with zero attached hydrogens (tertiary/aromatic N) is 1. The highest BCUT2D eigenvalue weighted by Crippen LogP contribution is 2.24. The molecule has 0 spiro atoms. The summed E-state index contributed by atoms with van der Waals surface area (Å²) >= 11 is 0. The SMILES string of the molecule is CCC(OC(=O)c1cccc2ocnc12)C(=O)Nc1cccc2ccccc12. The third-order valence-electron chi connectivity index (χ3n) is 4.54. The first kappa shape index (κ1) is 17.7. The van der Waals surface area contributed by atoms with Crippen molar-refractivity contribution in [1.82, 2.24) is 4.98 Å². The van der Waals surface area contributed by atoms with Crippen LogP contribution in [-0.2, 0) is 9.53 Å². The summed E-state index contributed by atoms with van der Waals surface area (Å²) in [6, 6.07) is 18.4. The molecule has 0 aliphatic rings. The Balaban J connectivity index is 1.54. The van der Waals surface area contributed by atoms with Crippen LogP contribution in [0.25, 0.3) is 21.9 Å². The van der Waals surface area contributed by atoms with Crippen LogP contribution in [0.5, 0.6) is 0 Å². The number of carbonyl (C=O) groups is 2. The van der Waals surface area contributed by atoms with Crippen molar-refractivity contribution in [2.24, 2.45) is 0 Å². The van der Waals surface area contributed by atoms with Crippen LogP contribution in [0, 0.1) is 0 Å². The molecule has 4 rings (SSSR count). The highest BCUT2D eigenvalue weighted by atomic mass is 16.5. The van der Waals surface area contributed by atoms with E-state index in [1.807, 2.05) is 42.5 Å². The molecule has 4 aromatic rings. The molecule has 0 bridgehead atoms. The number of nitrogens with one attached hydrogen (secondary N) is 1. The van der Waals surface area contributed by atoms with Gasteiger partial charge < -0.3 is 14.5 Å². The van der Waals surface area contributed by atoms with Crippen LogP contribution in [-0.4, -0.2) is 23.0 Å². The van der Waals surface area contributed by atoms with E-state index < -0.39 is 12.1 Å². The molecule has 0 saturated carbocycles. The summed E-state index contributed by atoms with van der Waals surface area (Å²) in [5.41, 5.74) is 1.85. The normalized spacial score (nSPS) is 12.0. The molecule has 1 amide bonds. The van der Waals surface area contributed by atoms with E-state index in [2.05, 4.69) is 10.3 Å². The Bertz CT molecular complexity index is 1160. The number of anilines is 1. The van der Waals surface area contributed by atoms with Gasteiger partial charge in [-0.15, -0.1) is 0 Å². The maximum absolute atomic E-state index is 12.7. The molecular weight excluding hydrogens is 356 g/mol. The standard InChI is InChI=1S/C22H18N2O4/c1-2-18(28-22(26)16-10-6-12-19-20(16)23-13-27-19)21(25)24-17-11-5-8-14-7-3-4-9-15(14)17/h3-13,18H,2H2,1H3,(H,24,25). The monoisotopic (exact) mass is 374 g/mol. The Kier molecular flexibility index (Phi) is 4.76. The van der Waals surface area contributed by atoms with Crippen molar-refractivity contribution < 1.29 is 18.7 Å². The molecule has 1 unspecified atom stereocenters. The van der Waals surface area contributed by atoms with Gasteiger partial charge in [0.25, 0.3) is 5.91 Å².